The molecule has 0 spiro atoms. The van der Waals surface area contributed by atoms with Gasteiger partial charge in [-0.2, -0.15) is 0 Å². The summed E-state index contributed by atoms with van der Waals surface area (Å²) < 4.78 is 0. The maximum atomic E-state index is 11.9. The summed E-state index contributed by atoms with van der Waals surface area (Å²) in [4.78, 5) is 21.2. The smallest absolute Gasteiger partial charge is 0.259 e. The minimum absolute atomic E-state index is 0.0487. The maximum absolute atomic E-state index is 11.9. The van der Waals surface area contributed by atoms with Crippen molar-refractivity contribution in [3.8, 4) is 0 Å². The fourth-order valence-electron chi connectivity index (χ4n) is 1.62. The second-order valence-corrected chi connectivity index (χ2v) is 5.41. The van der Waals surface area contributed by atoms with Gasteiger partial charge < -0.3 is 4.98 Å². The number of nitrogens with one attached hydrogen (secondary N) is 2. The lowest BCUT2D eigenvalue weighted by Gasteiger charge is -2.10. The van der Waals surface area contributed by atoms with E-state index in [1.165, 1.54) is 0 Å². The highest BCUT2D eigenvalue weighted by Crippen LogP contribution is 2.25. The van der Waals surface area contributed by atoms with Gasteiger partial charge in [0.25, 0.3) is 5.56 Å². The number of thiophene rings is 1. The minimum atomic E-state index is -0.0487. The molecular formula is C11H16N4OS. The number of nitrogens with zero attached hydrogens (tertiary/aromatic N) is 2. The van der Waals surface area contributed by atoms with Crippen LogP contribution in [0.25, 0.3) is 10.2 Å². The summed E-state index contributed by atoms with van der Waals surface area (Å²) in [7, 11) is 3.80. The first-order chi connectivity index (χ1) is 7.99. The van der Waals surface area contributed by atoms with Crippen molar-refractivity contribution in [1.29, 1.82) is 0 Å². The van der Waals surface area contributed by atoms with Gasteiger partial charge >= 0.3 is 0 Å². The molecule has 0 radical (unpaired) electrons. The molecule has 92 valence electrons. The van der Waals surface area contributed by atoms with Crippen LogP contribution in [0, 0.1) is 13.8 Å². The van der Waals surface area contributed by atoms with E-state index in [2.05, 4.69) is 15.4 Å². The molecule has 2 aromatic rings. The zero-order valence-electron chi connectivity index (χ0n) is 10.4. The van der Waals surface area contributed by atoms with Gasteiger partial charge in [0.05, 0.1) is 11.9 Å². The molecule has 2 rings (SSSR count). The van der Waals surface area contributed by atoms with Gasteiger partial charge in [0.1, 0.15) is 10.7 Å². The summed E-state index contributed by atoms with van der Waals surface area (Å²) in [5.74, 6) is 0.664. The van der Waals surface area contributed by atoms with Gasteiger partial charge in [-0.05, 0) is 19.4 Å². The largest absolute Gasteiger partial charge is 0.309 e. The van der Waals surface area contributed by atoms with Crippen LogP contribution >= 0.6 is 11.3 Å². The number of aromatic amines is 1. The van der Waals surface area contributed by atoms with E-state index in [4.69, 9.17) is 0 Å². The first-order valence-electron chi connectivity index (χ1n) is 5.38. The third-order valence-electron chi connectivity index (χ3n) is 2.65. The molecular weight excluding hydrogens is 236 g/mol. The van der Waals surface area contributed by atoms with Crippen molar-refractivity contribution in [3.63, 3.8) is 0 Å². The zero-order valence-corrected chi connectivity index (χ0v) is 11.2. The van der Waals surface area contributed by atoms with Crippen LogP contribution in [0.4, 0.5) is 0 Å². The van der Waals surface area contributed by atoms with Crippen LogP contribution in [0.15, 0.2) is 4.79 Å². The summed E-state index contributed by atoms with van der Waals surface area (Å²) in [6.07, 6.45) is 0. The highest BCUT2D eigenvalue weighted by molar-refractivity contribution is 7.18. The standard InChI is InChI=1S/C11H16N4OS/c1-6-7(2)17-11-9(6)10(16)13-8(14-11)5-12-15(3)4/h12H,5H2,1-4H3,(H,13,14,16). The number of hydrogen-bond acceptors (Lipinski definition) is 5. The highest BCUT2D eigenvalue weighted by atomic mass is 32.1. The number of hydrogen-bond donors (Lipinski definition) is 2. The lowest BCUT2D eigenvalue weighted by molar-refractivity contribution is 0.282. The van der Waals surface area contributed by atoms with Gasteiger partial charge in [0.15, 0.2) is 0 Å². The Hall–Kier alpha value is -1.24. The molecule has 0 aliphatic carbocycles. The molecule has 17 heavy (non-hydrogen) atoms. The molecule has 0 atom stereocenters. The van der Waals surface area contributed by atoms with Crippen molar-refractivity contribution >= 4 is 21.6 Å². The summed E-state index contributed by atoms with van der Waals surface area (Å²) in [5, 5.41) is 2.55. The number of rotatable bonds is 3. The van der Waals surface area contributed by atoms with E-state index in [0.717, 1.165) is 20.7 Å². The molecule has 0 aliphatic heterocycles. The first-order valence-corrected chi connectivity index (χ1v) is 6.20. The predicted octanol–water partition coefficient (Wildman–Crippen LogP) is 1.17. The zero-order chi connectivity index (χ0) is 12.6. The normalized spacial score (nSPS) is 11.6. The van der Waals surface area contributed by atoms with Crippen molar-refractivity contribution in [3.05, 3.63) is 26.6 Å². The van der Waals surface area contributed by atoms with E-state index in [-0.39, 0.29) is 5.56 Å². The Kier molecular flexibility index (Phi) is 3.28. The second-order valence-electron chi connectivity index (χ2n) is 4.21. The van der Waals surface area contributed by atoms with Crippen LogP contribution in [0.1, 0.15) is 16.3 Å². The first kappa shape index (κ1) is 12.2. The Bertz CT molecular complexity index is 599. The van der Waals surface area contributed by atoms with E-state index < -0.39 is 0 Å². The van der Waals surface area contributed by atoms with Gasteiger partial charge in [-0.1, -0.05) is 0 Å². The number of aryl methyl sites for hydroxylation is 2. The molecule has 0 bridgehead atoms. The Morgan fingerprint density at radius 2 is 2.12 bits per heavy atom. The maximum Gasteiger partial charge on any atom is 0.259 e. The Balaban J connectivity index is 2.46. The molecule has 2 N–H and O–H groups in total. The minimum Gasteiger partial charge on any atom is -0.309 e. The van der Waals surface area contributed by atoms with Crippen LogP contribution in [0.2, 0.25) is 0 Å². The average molecular weight is 252 g/mol. The van der Waals surface area contributed by atoms with Gasteiger partial charge in [-0.3, -0.25) is 9.80 Å². The quantitative estimate of drug-likeness (QED) is 0.805. The SMILES string of the molecule is Cc1sc2nc(CNN(C)C)[nH]c(=O)c2c1C. The lowest BCUT2D eigenvalue weighted by atomic mass is 10.2. The molecule has 0 amide bonds. The van der Waals surface area contributed by atoms with E-state index in [0.29, 0.717) is 12.4 Å². The number of H-pyrrole nitrogens is 1. The predicted molar refractivity (Wildman–Crippen MR) is 70.2 cm³/mol. The highest BCUT2D eigenvalue weighted by Gasteiger charge is 2.11. The molecule has 0 saturated carbocycles. The Morgan fingerprint density at radius 1 is 1.41 bits per heavy atom. The number of aromatic nitrogens is 2. The summed E-state index contributed by atoms with van der Waals surface area (Å²) in [6, 6.07) is 0. The van der Waals surface area contributed by atoms with Crippen LogP contribution in [-0.2, 0) is 6.54 Å². The molecule has 2 aromatic heterocycles. The number of hydrazine groups is 1. The third kappa shape index (κ3) is 2.38. The van der Waals surface area contributed by atoms with E-state index in [9.17, 15) is 4.79 Å². The summed E-state index contributed by atoms with van der Waals surface area (Å²) in [5.41, 5.74) is 4.06. The van der Waals surface area contributed by atoms with Crippen LogP contribution in [0.3, 0.4) is 0 Å². The molecule has 0 saturated heterocycles. The summed E-state index contributed by atoms with van der Waals surface area (Å²) in [6.45, 7) is 4.50. The fourth-order valence-corrected chi connectivity index (χ4v) is 2.66. The third-order valence-corrected chi connectivity index (χ3v) is 3.75. The van der Waals surface area contributed by atoms with Crippen LogP contribution in [-0.4, -0.2) is 29.1 Å². The van der Waals surface area contributed by atoms with Crippen molar-refractivity contribution in [2.24, 2.45) is 0 Å². The van der Waals surface area contributed by atoms with E-state index in [1.807, 2.05) is 33.0 Å². The fraction of sp³-hybridized carbons (Fsp3) is 0.455. The number of fused-ring (bicyclic) bond motifs is 1. The van der Waals surface area contributed by atoms with Crippen molar-refractivity contribution < 1.29 is 0 Å². The topological polar surface area (TPSA) is 61.0 Å². The van der Waals surface area contributed by atoms with E-state index >= 15 is 0 Å². The van der Waals surface area contributed by atoms with Crippen molar-refractivity contribution in [2.45, 2.75) is 20.4 Å². The van der Waals surface area contributed by atoms with Gasteiger partial charge in [0, 0.05) is 19.0 Å². The van der Waals surface area contributed by atoms with Gasteiger partial charge in [0.2, 0.25) is 0 Å². The van der Waals surface area contributed by atoms with Crippen molar-refractivity contribution in [1.82, 2.24) is 20.4 Å². The molecule has 0 aliphatic rings. The van der Waals surface area contributed by atoms with E-state index in [1.54, 1.807) is 11.3 Å². The second kappa shape index (κ2) is 4.56. The van der Waals surface area contributed by atoms with Gasteiger partial charge in [-0.15, -0.1) is 11.3 Å². The summed E-state index contributed by atoms with van der Waals surface area (Å²) >= 11 is 1.57. The Labute approximate surface area is 103 Å². The molecule has 0 unspecified atom stereocenters. The monoisotopic (exact) mass is 252 g/mol. The molecule has 5 nitrogen and oxygen atoms in total. The molecule has 0 fully saturated rings. The van der Waals surface area contributed by atoms with Crippen LogP contribution < -0.4 is 11.0 Å². The van der Waals surface area contributed by atoms with Crippen LogP contribution in [0.5, 0.6) is 0 Å². The van der Waals surface area contributed by atoms with Crippen molar-refractivity contribution in [2.75, 3.05) is 14.1 Å². The Morgan fingerprint density at radius 3 is 2.76 bits per heavy atom. The molecule has 0 aromatic carbocycles. The average Bonchev–Trinajstić information content (AvgIpc) is 2.52. The lowest BCUT2D eigenvalue weighted by Crippen LogP contribution is -2.31. The molecule has 6 heteroatoms. The molecule has 2 heterocycles. The van der Waals surface area contributed by atoms with Gasteiger partial charge in [-0.25, -0.2) is 10.4 Å².